The van der Waals surface area contributed by atoms with Crippen LogP contribution in [0.25, 0.3) is 0 Å². The lowest BCUT2D eigenvalue weighted by Gasteiger charge is -2.36. The third-order valence-electron chi connectivity index (χ3n) is 4.38. The second kappa shape index (κ2) is 4.02. The molecule has 2 aliphatic carbocycles. The molecule has 1 N–H and O–H groups in total. The summed E-state index contributed by atoms with van der Waals surface area (Å²) in [5, 5.41) is 9.12. The normalized spacial score (nSPS) is 33.2. The molecule has 0 spiro atoms. The van der Waals surface area contributed by atoms with Crippen molar-refractivity contribution in [3.05, 3.63) is 0 Å². The van der Waals surface area contributed by atoms with E-state index in [9.17, 15) is 26.3 Å². The van der Waals surface area contributed by atoms with E-state index in [4.69, 9.17) is 5.11 Å². The Bertz CT molecular complexity index is 306. The molecular weight excluding hydrogens is 262 g/mol. The highest BCUT2D eigenvalue weighted by Crippen LogP contribution is 2.55. The molecule has 0 aromatic rings. The highest BCUT2D eigenvalue weighted by Gasteiger charge is 2.71. The van der Waals surface area contributed by atoms with E-state index in [2.05, 4.69) is 0 Å². The van der Waals surface area contributed by atoms with Crippen LogP contribution in [0, 0.1) is 17.8 Å². The Morgan fingerprint density at radius 2 is 1.44 bits per heavy atom. The number of aliphatic hydroxyl groups is 1. The molecule has 0 radical (unpaired) electrons. The molecule has 1 nitrogen and oxygen atoms in total. The van der Waals surface area contributed by atoms with Gasteiger partial charge in [-0.15, -0.1) is 0 Å². The number of rotatable bonds is 2. The Kier molecular flexibility index (Phi) is 3.11. The van der Waals surface area contributed by atoms with Gasteiger partial charge in [0.2, 0.25) is 0 Å². The molecule has 7 heteroatoms. The van der Waals surface area contributed by atoms with E-state index in [0.717, 1.165) is 6.42 Å². The summed E-state index contributed by atoms with van der Waals surface area (Å²) in [5.74, 6) is -0.519. The molecule has 3 unspecified atom stereocenters. The van der Waals surface area contributed by atoms with Crippen molar-refractivity contribution in [1.29, 1.82) is 0 Å². The van der Waals surface area contributed by atoms with E-state index in [1.807, 2.05) is 0 Å². The SMILES string of the molecule is OC(CC1CC2CCC1C2)(C(F)(F)F)C(F)(F)F. The minimum atomic E-state index is -5.67. The maximum absolute atomic E-state index is 12.5. The average molecular weight is 276 g/mol. The van der Waals surface area contributed by atoms with Crippen molar-refractivity contribution in [3.63, 3.8) is 0 Å². The van der Waals surface area contributed by atoms with Gasteiger partial charge in [-0.25, -0.2) is 0 Å². The minimum absolute atomic E-state index is 0.0915. The summed E-state index contributed by atoms with van der Waals surface area (Å²) in [6, 6.07) is 0. The van der Waals surface area contributed by atoms with Crippen molar-refractivity contribution in [2.45, 2.75) is 50.1 Å². The van der Waals surface area contributed by atoms with E-state index in [1.54, 1.807) is 0 Å². The second-order valence-corrected chi connectivity index (χ2v) is 5.49. The summed E-state index contributed by atoms with van der Waals surface area (Å²) in [4.78, 5) is 0. The van der Waals surface area contributed by atoms with Crippen LogP contribution in [0.3, 0.4) is 0 Å². The Balaban J connectivity index is 2.17. The molecule has 0 heterocycles. The monoisotopic (exact) mass is 276 g/mol. The van der Waals surface area contributed by atoms with Gasteiger partial charge in [-0.3, -0.25) is 0 Å². The van der Waals surface area contributed by atoms with Gasteiger partial charge < -0.3 is 5.11 Å². The van der Waals surface area contributed by atoms with Crippen LogP contribution in [0.5, 0.6) is 0 Å². The fourth-order valence-electron chi connectivity index (χ4n) is 3.40. The molecule has 2 bridgehead atoms. The number of fused-ring (bicyclic) bond motifs is 2. The lowest BCUT2D eigenvalue weighted by molar-refractivity contribution is -0.373. The first kappa shape index (κ1) is 14.0. The molecule has 2 saturated carbocycles. The van der Waals surface area contributed by atoms with E-state index in [-0.39, 0.29) is 11.8 Å². The summed E-state index contributed by atoms with van der Waals surface area (Å²) in [7, 11) is 0. The molecule has 106 valence electrons. The van der Waals surface area contributed by atoms with Crippen LogP contribution in [-0.4, -0.2) is 23.1 Å². The molecule has 0 amide bonds. The molecule has 18 heavy (non-hydrogen) atoms. The van der Waals surface area contributed by atoms with E-state index >= 15 is 0 Å². The van der Waals surface area contributed by atoms with E-state index in [1.165, 1.54) is 0 Å². The van der Waals surface area contributed by atoms with Crippen LogP contribution in [-0.2, 0) is 0 Å². The van der Waals surface area contributed by atoms with E-state index < -0.39 is 30.3 Å². The van der Waals surface area contributed by atoms with Gasteiger partial charge in [0.05, 0.1) is 0 Å². The zero-order chi connectivity index (χ0) is 13.8. The fourth-order valence-corrected chi connectivity index (χ4v) is 3.40. The molecule has 0 saturated heterocycles. The Hall–Kier alpha value is -0.460. The van der Waals surface area contributed by atoms with Gasteiger partial charge in [-0.05, 0) is 43.4 Å². The van der Waals surface area contributed by atoms with Gasteiger partial charge in [0.1, 0.15) is 0 Å². The van der Waals surface area contributed by atoms with Crippen molar-refractivity contribution < 1.29 is 31.4 Å². The van der Waals surface area contributed by atoms with Crippen LogP contribution in [0.2, 0.25) is 0 Å². The maximum Gasteiger partial charge on any atom is 0.426 e. The molecule has 0 aliphatic heterocycles. The topological polar surface area (TPSA) is 20.2 Å². The summed E-state index contributed by atoms with van der Waals surface area (Å²) >= 11 is 0. The van der Waals surface area contributed by atoms with Gasteiger partial charge >= 0.3 is 12.4 Å². The Morgan fingerprint density at radius 1 is 0.889 bits per heavy atom. The smallest absolute Gasteiger partial charge is 0.374 e. The first-order valence-corrected chi connectivity index (χ1v) is 5.90. The van der Waals surface area contributed by atoms with Crippen LogP contribution in [0.1, 0.15) is 32.1 Å². The van der Waals surface area contributed by atoms with Gasteiger partial charge in [0.25, 0.3) is 5.60 Å². The summed E-state index contributed by atoms with van der Waals surface area (Å²) < 4.78 is 75.2. The summed E-state index contributed by atoms with van der Waals surface area (Å²) in [6.07, 6.45) is -9.95. The van der Waals surface area contributed by atoms with Crippen molar-refractivity contribution in [2.75, 3.05) is 0 Å². The first-order chi connectivity index (χ1) is 8.04. The van der Waals surface area contributed by atoms with E-state index in [0.29, 0.717) is 19.3 Å². The van der Waals surface area contributed by atoms with Gasteiger partial charge in [-0.2, -0.15) is 26.3 Å². The Morgan fingerprint density at radius 3 is 1.78 bits per heavy atom. The molecule has 0 aromatic heterocycles. The van der Waals surface area contributed by atoms with Crippen LogP contribution < -0.4 is 0 Å². The van der Waals surface area contributed by atoms with Gasteiger partial charge in [-0.1, -0.05) is 6.42 Å². The zero-order valence-corrected chi connectivity index (χ0v) is 9.48. The summed E-state index contributed by atoms with van der Waals surface area (Å²) in [6.45, 7) is 0. The third-order valence-corrected chi connectivity index (χ3v) is 4.38. The largest absolute Gasteiger partial charge is 0.426 e. The van der Waals surface area contributed by atoms with Crippen molar-refractivity contribution in [3.8, 4) is 0 Å². The minimum Gasteiger partial charge on any atom is -0.374 e. The molecule has 0 aromatic carbocycles. The second-order valence-electron chi connectivity index (χ2n) is 5.49. The molecule has 3 atom stereocenters. The Labute approximate surface area is 100 Å². The third kappa shape index (κ3) is 2.10. The average Bonchev–Trinajstić information content (AvgIpc) is 2.75. The molecule has 2 aliphatic rings. The highest BCUT2D eigenvalue weighted by molar-refractivity contribution is 5.00. The van der Waals surface area contributed by atoms with Crippen LogP contribution in [0.15, 0.2) is 0 Å². The van der Waals surface area contributed by atoms with Gasteiger partial charge in [0.15, 0.2) is 0 Å². The van der Waals surface area contributed by atoms with Crippen LogP contribution in [0.4, 0.5) is 26.3 Å². The number of alkyl halides is 6. The standard InChI is InChI=1S/C11H14F6O/c12-10(13,14)9(18,11(15,16)17)5-8-4-6-1-2-7(8)3-6/h6-8,18H,1-5H2. The highest BCUT2D eigenvalue weighted by atomic mass is 19.4. The van der Waals surface area contributed by atoms with Crippen molar-refractivity contribution in [2.24, 2.45) is 17.8 Å². The fraction of sp³-hybridized carbons (Fsp3) is 1.00. The quantitative estimate of drug-likeness (QED) is 0.763. The zero-order valence-electron chi connectivity index (χ0n) is 9.48. The number of halogens is 6. The predicted molar refractivity (Wildman–Crippen MR) is 50.6 cm³/mol. The summed E-state index contributed by atoms with van der Waals surface area (Å²) in [5.41, 5.74) is -4.56. The predicted octanol–water partition coefficient (Wildman–Crippen LogP) is 3.67. The number of hydrogen-bond acceptors (Lipinski definition) is 1. The van der Waals surface area contributed by atoms with Crippen molar-refractivity contribution >= 4 is 0 Å². The van der Waals surface area contributed by atoms with Crippen molar-refractivity contribution in [1.82, 2.24) is 0 Å². The maximum atomic E-state index is 12.5. The molecular formula is C11H14F6O. The molecule has 2 fully saturated rings. The lowest BCUT2D eigenvalue weighted by Crippen LogP contribution is -2.58. The molecule has 2 rings (SSSR count). The number of hydrogen-bond donors (Lipinski definition) is 1. The van der Waals surface area contributed by atoms with Gasteiger partial charge in [0, 0.05) is 0 Å². The lowest BCUT2D eigenvalue weighted by atomic mass is 9.79. The first-order valence-electron chi connectivity index (χ1n) is 5.90. The van der Waals surface area contributed by atoms with Crippen LogP contribution >= 0.6 is 0 Å².